The molecule has 5 rings (SSSR count). The smallest absolute Gasteiger partial charge is 0.446 e. The van der Waals surface area contributed by atoms with Gasteiger partial charge >= 0.3 is 12.5 Å². The van der Waals surface area contributed by atoms with E-state index in [-0.39, 0.29) is 24.4 Å². The van der Waals surface area contributed by atoms with Crippen LogP contribution in [0, 0.1) is 0 Å². The quantitative estimate of drug-likeness (QED) is 0.156. The Kier molecular flexibility index (Phi) is 11.5. The molecule has 2 N–H and O–H groups in total. The predicted octanol–water partition coefficient (Wildman–Crippen LogP) is 7.44. The Hall–Kier alpha value is -4.87. The number of ether oxygens (including phenoxy) is 2. The lowest BCUT2D eigenvalue weighted by molar-refractivity contribution is -0.274. The van der Waals surface area contributed by atoms with Crippen LogP contribution in [0.15, 0.2) is 109 Å². The van der Waals surface area contributed by atoms with Crippen molar-refractivity contribution >= 4 is 23.4 Å². The molecule has 246 valence electrons. The number of carbonyl (C=O) groups excluding carboxylic acids is 2. The van der Waals surface area contributed by atoms with Crippen LogP contribution in [0.2, 0.25) is 0 Å². The van der Waals surface area contributed by atoms with Gasteiger partial charge in [-0.15, -0.1) is 13.2 Å². The van der Waals surface area contributed by atoms with Gasteiger partial charge in [0.2, 0.25) is 5.91 Å². The molecule has 4 aromatic carbocycles. The minimum Gasteiger partial charge on any atom is -0.446 e. The topological polar surface area (TPSA) is 83.1 Å². The van der Waals surface area contributed by atoms with Crippen LogP contribution >= 0.6 is 0 Å². The molecule has 1 aliphatic rings. The second kappa shape index (κ2) is 16.1. The first-order valence-electron chi connectivity index (χ1n) is 15.5. The van der Waals surface area contributed by atoms with E-state index in [0.717, 1.165) is 22.4 Å². The molecule has 1 aliphatic heterocycles. The summed E-state index contributed by atoms with van der Waals surface area (Å²) >= 11 is 0. The summed E-state index contributed by atoms with van der Waals surface area (Å²) in [5.41, 5.74) is 4.09. The van der Waals surface area contributed by atoms with Gasteiger partial charge in [0.05, 0.1) is 12.4 Å². The van der Waals surface area contributed by atoms with Crippen LogP contribution in [-0.2, 0) is 16.1 Å². The summed E-state index contributed by atoms with van der Waals surface area (Å²) in [5.74, 6) is -0.349. The van der Waals surface area contributed by atoms with Crippen LogP contribution in [-0.4, -0.2) is 55.7 Å². The summed E-state index contributed by atoms with van der Waals surface area (Å²) < 4.78 is 47.0. The van der Waals surface area contributed by atoms with E-state index >= 15 is 0 Å². The van der Waals surface area contributed by atoms with Crippen LogP contribution in [0.5, 0.6) is 5.75 Å². The van der Waals surface area contributed by atoms with Crippen molar-refractivity contribution in [3.05, 3.63) is 115 Å². The molecular formula is C36H37F3N4O4. The van der Waals surface area contributed by atoms with Gasteiger partial charge in [0.15, 0.2) is 0 Å². The van der Waals surface area contributed by atoms with Crippen LogP contribution in [0.1, 0.15) is 24.8 Å². The van der Waals surface area contributed by atoms with Crippen molar-refractivity contribution < 1.29 is 32.2 Å². The van der Waals surface area contributed by atoms with E-state index in [9.17, 15) is 22.8 Å². The number of benzene rings is 4. The monoisotopic (exact) mass is 646 g/mol. The number of halogens is 3. The summed E-state index contributed by atoms with van der Waals surface area (Å²) in [6.45, 7) is 2.53. The third-order valence-electron chi connectivity index (χ3n) is 7.82. The fourth-order valence-electron chi connectivity index (χ4n) is 5.44. The standard InChI is InChI=1S/C36H37F3N4O4/c37-36(38,39)47-31-17-15-27(16-18-31)25-40-26-43(29-11-5-2-6-12-29)34(44)21-24-42-22-19-30(20-23-42)46-35(45)41-33-14-8-7-13-32(33)28-9-3-1-4-10-28/h1-18,30,40H,19-26H2,(H,41,45). The van der Waals surface area contributed by atoms with Crippen molar-refractivity contribution in [1.82, 2.24) is 10.2 Å². The lowest BCUT2D eigenvalue weighted by atomic mass is 10.0. The number of alkyl halides is 3. The van der Waals surface area contributed by atoms with Crippen molar-refractivity contribution in [2.45, 2.75) is 38.3 Å². The number of hydrogen-bond acceptors (Lipinski definition) is 6. The molecule has 11 heteroatoms. The van der Waals surface area contributed by atoms with Crippen LogP contribution in [0.3, 0.4) is 0 Å². The summed E-state index contributed by atoms with van der Waals surface area (Å²) in [7, 11) is 0. The van der Waals surface area contributed by atoms with E-state index in [1.165, 1.54) is 12.1 Å². The van der Waals surface area contributed by atoms with Crippen LogP contribution in [0.25, 0.3) is 11.1 Å². The van der Waals surface area contributed by atoms with Crippen molar-refractivity contribution in [1.29, 1.82) is 0 Å². The summed E-state index contributed by atoms with van der Waals surface area (Å²) in [5, 5.41) is 6.11. The Bertz CT molecular complexity index is 1580. The lowest BCUT2D eigenvalue weighted by Gasteiger charge is -2.32. The first-order valence-corrected chi connectivity index (χ1v) is 15.5. The molecular weight excluding hydrogens is 609 g/mol. The van der Waals surface area contributed by atoms with E-state index in [2.05, 4.69) is 20.3 Å². The SMILES string of the molecule is O=C(Nc1ccccc1-c1ccccc1)OC1CCN(CCC(=O)N(CNCc2ccc(OC(F)(F)F)cc2)c2ccccc2)CC1. The molecule has 0 spiro atoms. The Labute approximate surface area is 272 Å². The molecule has 0 saturated carbocycles. The van der Waals surface area contributed by atoms with E-state index in [4.69, 9.17) is 4.74 Å². The molecule has 0 unspecified atom stereocenters. The molecule has 8 nitrogen and oxygen atoms in total. The highest BCUT2D eigenvalue weighted by molar-refractivity contribution is 5.93. The predicted molar refractivity (Wildman–Crippen MR) is 175 cm³/mol. The van der Waals surface area contributed by atoms with Gasteiger partial charge in [-0.3, -0.25) is 20.3 Å². The number of para-hydroxylation sites is 2. The van der Waals surface area contributed by atoms with Gasteiger partial charge in [-0.2, -0.15) is 0 Å². The van der Waals surface area contributed by atoms with Gasteiger partial charge < -0.3 is 14.4 Å². The Morgan fingerprint density at radius 2 is 1.47 bits per heavy atom. The number of likely N-dealkylation sites (tertiary alicyclic amines) is 1. The van der Waals surface area contributed by atoms with E-state index in [1.807, 2.05) is 84.9 Å². The van der Waals surface area contributed by atoms with Crippen molar-refractivity contribution in [3.63, 3.8) is 0 Å². The Morgan fingerprint density at radius 1 is 0.830 bits per heavy atom. The number of carbonyl (C=O) groups is 2. The number of nitrogens with one attached hydrogen (secondary N) is 2. The molecule has 0 aliphatic carbocycles. The first-order chi connectivity index (χ1) is 22.7. The summed E-state index contributed by atoms with van der Waals surface area (Å²) in [4.78, 5) is 30.0. The maximum absolute atomic E-state index is 13.4. The van der Waals surface area contributed by atoms with E-state index in [1.54, 1.807) is 17.0 Å². The largest absolute Gasteiger partial charge is 0.573 e. The van der Waals surface area contributed by atoms with Crippen molar-refractivity contribution in [3.8, 4) is 16.9 Å². The second-order valence-corrected chi connectivity index (χ2v) is 11.2. The molecule has 0 radical (unpaired) electrons. The van der Waals surface area contributed by atoms with E-state index in [0.29, 0.717) is 51.1 Å². The third-order valence-corrected chi connectivity index (χ3v) is 7.82. The summed E-state index contributed by atoms with van der Waals surface area (Å²) in [6, 6.07) is 32.4. The number of anilines is 2. The zero-order valence-electron chi connectivity index (χ0n) is 25.8. The normalized spacial score (nSPS) is 13.9. The zero-order valence-corrected chi connectivity index (χ0v) is 25.8. The molecule has 2 amide bonds. The molecule has 4 aromatic rings. The number of amides is 2. The highest BCUT2D eigenvalue weighted by Gasteiger charge is 2.31. The van der Waals surface area contributed by atoms with Crippen molar-refractivity contribution in [2.75, 3.05) is 36.5 Å². The van der Waals surface area contributed by atoms with Gasteiger partial charge in [0.1, 0.15) is 11.9 Å². The van der Waals surface area contributed by atoms with Crippen LogP contribution in [0.4, 0.5) is 29.3 Å². The molecule has 0 bridgehead atoms. The van der Waals surface area contributed by atoms with Gasteiger partial charge in [-0.25, -0.2) is 4.79 Å². The lowest BCUT2D eigenvalue weighted by Crippen LogP contribution is -2.42. The molecule has 47 heavy (non-hydrogen) atoms. The molecule has 1 saturated heterocycles. The maximum Gasteiger partial charge on any atom is 0.573 e. The second-order valence-electron chi connectivity index (χ2n) is 11.2. The van der Waals surface area contributed by atoms with Gasteiger partial charge in [0, 0.05) is 43.9 Å². The highest BCUT2D eigenvalue weighted by Crippen LogP contribution is 2.28. The zero-order chi connectivity index (χ0) is 33.1. The van der Waals surface area contributed by atoms with Gasteiger partial charge in [-0.05, 0) is 54.3 Å². The minimum absolute atomic E-state index is 0.0625. The number of nitrogens with zero attached hydrogens (tertiary/aromatic N) is 2. The van der Waals surface area contributed by atoms with E-state index < -0.39 is 12.5 Å². The average Bonchev–Trinajstić information content (AvgIpc) is 3.07. The fourth-order valence-corrected chi connectivity index (χ4v) is 5.44. The first kappa shape index (κ1) is 33.5. The molecule has 0 atom stereocenters. The van der Waals surface area contributed by atoms with Gasteiger partial charge in [0.25, 0.3) is 0 Å². The fraction of sp³-hybridized carbons (Fsp3) is 0.278. The number of rotatable bonds is 12. The minimum atomic E-state index is -4.74. The van der Waals surface area contributed by atoms with Crippen molar-refractivity contribution in [2.24, 2.45) is 0 Å². The maximum atomic E-state index is 13.4. The number of piperidine rings is 1. The molecule has 1 heterocycles. The summed E-state index contributed by atoms with van der Waals surface area (Å²) in [6.07, 6.45) is -3.82. The number of hydrogen-bond donors (Lipinski definition) is 2. The van der Waals surface area contributed by atoms with Gasteiger partial charge in [-0.1, -0.05) is 78.9 Å². The average molecular weight is 647 g/mol. The Morgan fingerprint density at radius 3 is 2.15 bits per heavy atom. The highest BCUT2D eigenvalue weighted by atomic mass is 19.4. The molecule has 0 aromatic heterocycles. The Balaban J connectivity index is 1.07. The third kappa shape index (κ3) is 10.3. The van der Waals surface area contributed by atoms with Crippen LogP contribution < -0.4 is 20.3 Å². The molecule has 1 fully saturated rings.